The van der Waals surface area contributed by atoms with Gasteiger partial charge in [0.25, 0.3) is 11.6 Å². The molecule has 0 bridgehead atoms. The van der Waals surface area contributed by atoms with Crippen LogP contribution in [-0.4, -0.2) is 44.2 Å². The van der Waals surface area contributed by atoms with Crippen LogP contribution in [0.25, 0.3) is 11.1 Å². The molecule has 1 aliphatic rings. The number of nitrogens with one attached hydrogen (secondary N) is 1. The maximum atomic E-state index is 13.1. The number of rotatable bonds is 2. The number of hydrogen-bond donors (Lipinski definition) is 1. The van der Waals surface area contributed by atoms with E-state index in [0.29, 0.717) is 34.8 Å². The molecule has 0 unspecified atom stereocenters. The second-order valence-electron chi connectivity index (χ2n) is 6.36. The van der Waals surface area contributed by atoms with Crippen molar-refractivity contribution in [3.8, 4) is 0 Å². The van der Waals surface area contributed by atoms with Crippen LogP contribution in [0.1, 0.15) is 46.2 Å². The SMILES string of the molecule is Cc1cc(C(=O)N2CCC[C@@H](c3ccn[nH]3)C2)c2c(C)noc2n1. The number of carbonyl (C=O) groups excluding carboxylic acids is 1. The molecule has 0 radical (unpaired) electrons. The summed E-state index contributed by atoms with van der Waals surface area (Å²) in [5.74, 6) is 0.313. The molecule has 1 aliphatic heterocycles. The Hall–Kier alpha value is -2.70. The highest BCUT2D eigenvalue weighted by Gasteiger charge is 2.28. The quantitative estimate of drug-likeness (QED) is 0.782. The molecule has 1 amide bonds. The highest BCUT2D eigenvalue weighted by atomic mass is 16.5. The molecule has 24 heavy (non-hydrogen) atoms. The van der Waals surface area contributed by atoms with Crippen molar-refractivity contribution in [3.05, 3.63) is 41.0 Å². The van der Waals surface area contributed by atoms with Gasteiger partial charge in [0.05, 0.1) is 16.6 Å². The van der Waals surface area contributed by atoms with Crippen LogP contribution in [0.15, 0.2) is 22.9 Å². The minimum absolute atomic E-state index is 0.0148. The van der Waals surface area contributed by atoms with Gasteiger partial charge >= 0.3 is 0 Å². The van der Waals surface area contributed by atoms with Crippen molar-refractivity contribution in [3.63, 3.8) is 0 Å². The summed E-state index contributed by atoms with van der Waals surface area (Å²) in [5.41, 5.74) is 3.59. The highest BCUT2D eigenvalue weighted by Crippen LogP contribution is 2.28. The first kappa shape index (κ1) is 14.9. The molecule has 3 aromatic rings. The van der Waals surface area contributed by atoms with E-state index in [1.165, 1.54) is 0 Å². The van der Waals surface area contributed by atoms with Gasteiger partial charge in [-0.25, -0.2) is 4.98 Å². The lowest BCUT2D eigenvalue weighted by molar-refractivity contribution is 0.0707. The number of piperidine rings is 1. The number of amides is 1. The fourth-order valence-corrected chi connectivity index (χ4v) is 3.47. The monoisotopic (exact) mass is 325 g/mol. The molecule has 1 atom stereocenters. The number of H-pyrrole nitrogens is 1. The van der Waals surface area contributed by atoms with Gasteiger partial charge in [0.2, 0.25) is 0 Å². The smallest absolute Gasteiger partial charge is 0.258 e. The van der Waals surface area contributed by atoms with E-state index in [-0.39, 0.29) is 5.91 Å². The molecule has 3 aromatic heterocycles. The van der Waals surface area contributed by atoms with Crippen LogP contribution in [0.3, 0.4) is 0 Å². The molecule has 0 aliphatic carbocycles. The lowest BCUT2D eigenvalue weighted by Crippen LogP contribution is -2.39. The first-order valence-corrected chi connectivity index (χ1v) is 8.15. The first-order valence-electron chi connectivity index (χ1n) is 8.15. The summed E-state index contributed by atoms with van der Waals surface area (Å²) in [6.45, 7) is 5.14. The second kappa shape index (κ2) is 5.74. The second-order valence-corrected chi connectivity index (χ2v) is 6.36. The first-order chi connectivity index (χ1) is 11.6. The Balaban J connectivity index is 1.67. The van der Waals surface area contributed by atoms with Crippen molar-refractivity contribution in [2.24, 2.45) is 0 Å². The summed E-state index contributed by atoms with van der Waals surface area (Å²) in [5, 5.41) is 11.7. The van der Waals surface area contributed by atoms with Gasteiger partial charge in [0.15, 0.2) is 0 Å². The van der Waals surface area contributed by atoms with Crippen LogP contribution in [0, 0.1) is 13.8 Å². The number of likely N-dealkylation sites (tertiary alicyclic amines) is 1. The number of aromatic nitrogens is 4. The van der Waals surface area contributed by atoms with E-state index in [1.54, 1.807) is 6.20 Å². The van der Waals surface area contributed by atoms with Gasteiger partial charge in [-0.15, -0.1) is 0 Å². The van der Waals surface area contributed by atoms with E-state index in [1.807, 2.05) is 30.9 Å². The molecule has 0 aromatic carbocycles. The third kappa shape index (κ3) is 2.46. The van der Waals surface area contributed by atoms with Crippen LogP contribution in [0.2, 0.25) is 0 Å². The van der Waals surface area contributed by atoms with E-state index in [2.05, 4.69) is 20.3 Å². The Morgan fingerprint density at radius 2 is 2.29 bits per heavy atom. The average molecular weight is 325 g/mol. The van der Waals surface area contributed by atoms with Gasteiger partial charge in [-0.2, -0.15) is 5.10 Å². The standard InChI is InChI=1S/C17H19N5O2/c1-10-8-13(15-11(2)21-24-16(15)19-10)17(23)22-7-3-4-12(9-22)14-5-6-18-20-14/h5-6,8,12H,3-4,7,9H2,1-2H3,(H,18,20)/t12-/m1/s1. The predicted molar refractivity (Wildman–Crippen MR) is 87.7 cm³/mol. The summed E-state index contributed by atoms with van der Waals surface area (Å²) < 4.78 is 5.24. The summed E-state index contributed by atoms with van der Waals surface area (Å²) in [7, 11) is 0. The third-order valence-corrected chi connectivity index (χ3v) is 4.65. The number of aryl methyl sites for hydroxylation is 2. The van der Waals surface area contributed by atoms with Crippen LogP contribution in [-0.2, 0) is 0 Å². The number of fused-ring (bicyclic) bond motifs is 1. The van der Waals surface area contributed by atoms with Crippen molar-refractivity contribution >= 4 is 17.0 Å². The van der Waals surface area contributed by atoms with E-state index in [0.717, 1.165) is 30.8 Å². The van der Waals surface area contributed by atoms with Gasteiger partial charge in [-0.1, -0.05) is 5.16 Å². The lowest BCUT2D eigenvalue weighted by atomic mass is 9.94. The van der Waals surface area contributed by atoms with Crippen molar-refractivity contribution in [2.75, 3.05) is 13.1 Å². The maximum absolute atomic E-state index is 13.1. The van der Waals surface area contributed by atoms with Gasteiger partial charge in [-0.05, 0) is 38.8 Å². The molecule has 1 saturated heterocycles. The van der Waals surface area contributed by atoms with Gasteiger partial charge in [0.1, 0.15) is 0 Å². The Labute approximate surface area is 139 Å². The predicted octanol–water partition coefficient (Wildman–Crippen LogP) is 2.58. The molecule has 1 fully saturated rings. The normalized spacial score (nSPS) is 18.2. The molecule has 1 N–H and O–H groups in total. The molecule has 4 rings (SSSR count). The van der Waals surface area contributed by atoms with E-state index < -0.39 is 0 Å². The van der Waals surface area contributed by atoms with Crippen molar-refractivity contribution in [1.29, 1.82) is 0 Å². The van der Waals surface area contributed by atoms with Crippen molar-refractivity contribution < 1.29 is 9.32 Å². The number of carbonyl (C=O) groups is 1. The van der Waals surface area contributed by atoms with E-state index >= 15 is 0 Å². The summed E-state index contributed by atoms with van der Waals surface area (Å²) >= 11 is 0. The van der Waals surface area contributed by atoms with Crippen molar-refractivity contribution in [1.82, 2.24) is 25.2 Å². The Morgan fingerprint density at radius 3 is 3.08 bits per heavy atom. The molecular weight excluding hydrogens is 306 g/mol. The molecule has 4 heterocycles. The molecule has 0 saturated carbocycles. The van der Waals surface area contributed by atoms with E-state index in [9.17, 15) is 4.79 Å². The molecule has 7 nitrogen and oxygen atoms in total. The maximum Gasteiger partial charge on any atom is 0.258 e. The topological polar surface area (TPSA) is 87.9 Å². The van der Waals surface area contributed by atoms with Crippen LogP contribution in [0.4, 0.5) is 0 Å². The van der Waals surface area contributed by atoms with Gasteiger partial charge < -0.3 is 9.42 Å². The molecule has 7 heteroatoms. The number of nitrogens with zero attached hydrogens (tertiary/aromatic N) is 4. The number of aromatic amines is 1. The fraction of sp³-hybridized carbons (Fsp3) is 0.412. The van der Waals surface area contributed by atoms with Gasteiger partial charge in [0, 0.05) is 36.6 Å². The van der Waals surface area contributed by atoms with E-state index in [4.69, 9.17) is 4.52 Å². The third-order valence-electron chi connectivity index (χ3n) is 4.65. The number of hydrogen-bond acceptors (Lipinski definition) is 5. The van der Waals surface area contributed by atoms with Crippen LogP contribution >= 0.6 is 0 Å². The average Bonchev–Trinajstić information content (AvgIpc) is 3.24. The summed E-state index contributed by atoms with van der Waals surface area (Å²) in [6, 6.07) is 3.81. The fourth-order valence-electron chi connectivity index (χ4n) is 3.47. The highest BCUT2D eigenvalue weighted by molar-refractivity contribution is 6.06. The van der Waals surface area contributed by atoms with Crippen LogP contribution in [0.5, 0.6) is 0 Å². The van der Waals surface area contributed by atoms with Gasteiger partial charge in [-0.3, -0.25) is 9.89 Å². The summed E-state index contributed by atoms with van der Waals surface area (Å²) in [4.78, 5) is 19.4. The Morgan fingerprint density at radius 1 is 1.42 bits per heavy atom. The molecular formula is C17H19N5O2. The zero-order valence-corrected chi connectivity index (χ0v) is 13.7. The summed E-state index contributed by atoms with van der Waals surface area (Å²) in [6.07, 6.45) is 3.79. The minimum Gasteiger partial charge on any atom is -0.338 e. The Kier molecular flexibility index (Phi) is 3.55. The largest absolute Gasteiger partial charge is 0.338 e. The van der Waals surface area contributed by atoms with Crippen LogP contribution < -0.4 is 0 Å². The Bertz CT molecular complexity index is 884. The number of pyridine rings is 1. The molecule has 0 spiro atoms. The minimum atomic E-state index is 0.0148. The zero-order chi connectivity index (χ0) is 16.7. The zero-order valence-electron chi connectivity index (χ0n) is 13.7. The lowest BCUT2D eigenvalue weighted by Gasteiger charge is -2.32. The van der Waals surface area contributed by atoms with Crippen molar-refractivity contribution in [2.45, 2.75) is 32.6 Å². The molecule has 124 valence electrons.